The molecule has 0 aliphatic heterocycles. The quantitative estimate of drug-likeness (QED) is 0.0200. The van der Waals surface area contributed by atoms with Crippen molar-refractivity contribution in [1.29, 1.82) is 0 Å². The van der Waals surface area contributed by atoms with E-state index in [0.29, 0.717) is 19.3 Å². The molecule has 0 rings (SSSR count). The molecule has 0 N–H and O–H groups in total. The average Bonchev–Trinajstić information content (AvgIpc) is 3.27. The lowest BCUT2D eigenvalue weighted by molar-refractivity contribution is -0.166. The van der Waals surface area contributed by atoms with E-state index in [1.807, 2.05) is 60.8 Å². The zero-order chi connectivity index (χ0) is 45.1. The summed E-state index contributed by atoms with van der Waals surface area (Å²) >= 11 is 0. The van der Waals surface area contributed by atoms with Crippen molar-refractivity contribution in [2.45, 2.75) is 213 Å². The van der Waals surface area contributed by atoms with E-state index < -0.39 is 12.1 Å². The van der Waals surface area contributed by atoms with E-state index in [0.717, 1.165) is 64.2 Å². The predicted molar refractivity (Wildman–Crippen MR) is 265 cm³/mol. The highest BCUT2D eigenvalue weighted by Crippen LogP contribution is 2.12. The number of ether oxygens (including phenoxy) is 3. The van der Waals surface area contributed by atoms with Gasteiger partial charge in [0.25, 0.3) is 0 Å². The van der Waals surface area contributed by atoms with Gasteiger partial charge < -0.3 is 14.2 Å². The Bertz CT molecular complexity index is 1310. The zero-order valence-electron chi connectivity index (χ0n) is 39.8. The second kappa shape index (κ2) is 49.7. The molecule has 1 unspecified atom stereocenters. The molecule has 0 fully saturated rings. The van der Waals surface area contributed by atoms with Crippen LogP contribution in [-0.2, 0) is 28.6 Å². The maximum Gasteiger partial charge on any atom is 0.306 e. The lowest BCUT2D eigenvalue weighted by Gasteiger charge is -2.18. The first kappa shape index (κ1) is 58.1. The SMILES string of the molecule is CC/C=C/C=C/C=C/C=C/C=C/CCCC(=O)OC(COC(=O)CC/C=C/C/C=C/CCCCCCCC)COC(=O)CCCCCCC/C=C/C=C/CCCCCCCCC. The Kier molecular flexibility index (Phi) is 46.6. The van der Waals surface area contributed by atoms with E-state index in [1.165, 1.54) is 89.9 Å². The third kappa shape index (κ3) is 47.1. The van der Waals surface area contributed by atoms with E-state index in [1.54, 1.807) is 0 Å². The largest absolute Gasteiger partial charge is 0.462 e. The summed E-state index contributed by atoms with van der Waals surface area (Å²) in [6.45, 7) is 6.33. The van der Waals surface area contributed by atoms with Gasteiger partial charge in [0.15, 0.2) is 6.10 Å². The summed E-state index contributed by atoms with van der Waals surface area (Å²) in [5.74, 6) is -1.10. The molecule has 0 bridgehead atoms. The lowest BCUT2D eigenvalue weighted by Crippen LogP contribution is -2.30. The van der Waals surface area contributed by atoms with Crippen LogP contribution < -0.4 is 0 Å². The van der Waals surface area contributed by atoms with Crippen molar-refractivity contribution in [3.63, 3.8) is 0 Å². The Balaban J connectivity index is 4.56. The average molecular weight is 859 g/mol. The molecule has 0 saturated carbocycles. The first-order valence-corrected chi connectivity index (χ1v) is 25.0. The fourth-order valence-electron chi connectivity index (χ4n) is 6.40. The summed E-state index contributed by atoms with van der Waals surface area (Å²) in [6, 6.07) is 0. The molecule has 0 aliphatic rings. The monoisotopic (exact) mass is 859 g/mol. The molecule has 350 valence electrons. The third-order valence-corrected chi connectivity index (χ3v) is 10.2. The number of esters is 3. The Morgan fingerprint density at radius 2 is 0.742 bits per heavy atom. The van der Waals surface area contributed by atoms with E-state index >= 15 is 0 Å². The maximum atomic E-state index is 12.7. The van der Waals surface area contributed by atoms with Crippen molar-refractivity contribution in [2.24, 2.45) is 0 Å². The smallest absolute Gasteiger partial charge is 0.306 e. The van der Waals surface area contributed by atoms with Crippen LogP contribution in [0.15, 0.2) is 109 Å². The summed E-state index contributed by atoms with van der Waals surface area (Å²) in [5.41, 5.74) is 0. The molecule has 62 heavy (non-hydrogen) atoms. The molecule has 0 aromatic heterocycles. The van der Waals surface area contributed by atoms with Crippen molar-refractivity contribution in [3.05, 3.63) is 109 Å². The van der Waals surface area contributed by atoms with Crippen molar-refractivity contribution in [3.8, 4) is 0 Å². The fourth-order valence-corrected chi connectivity index (χ4v) is 6.40. The van der Waals surface area contributed by atoms with Gasteiger partial charge in [0.1, 0.15) is 13.2 Å². The molecule has 0 aromatic rings. The van der Waals surface area contributed by atoms with Crippen LogP contribution in [0.2, 0.25) is 0 Å². The minimum atomic E-state index is -0.845. The second-order valence-corrected chi connectivity index (χ2v) is 16.1. The summed E-state index contributed by atoms with van der Waals surface area (Å²) in [7, 11) is 0. The topological polar surface area (TPSA) is 78.9 Å². The third-order valence-electron chi connectivity index (χ3n) is 10.2. The van der Waals surface area contributed by atoms with Crippen LogP contribution in [0.5, 0.6) is 0 Å². The van der Waals surface area contributed by atoms with Gasteiger partial charge in [-0.05, 0) is 77.0 Å². The second-order valence-electron chi connectivity index (χ2n) is 16.1. The first-order chi connectivity index (χ1) is 30.5. The van der Waals surface area contributed by atoms with Crippen molar-refractivity contribution in [1.82, 2.24) is 0 Å². The van der Waals surface area contributed by atoms with E-state index in [-0.39, 0.29) is 38.0 Å². The van der Waals surface area contributed by atoms with Gasteiger partial charge in [-0.15, -0.1) is 0 Å². The number of hydrogen-bond acceptors (Lipinski definition) is 6. The summed E-state index contributed by atoms with van der Waals surface area (Å²) < 4.78 is 16.6. The van der Waals surface area contributed by atoms with Gasteiger partial charge in [-0.2, -0.15) is 0 Å². The van der Waals surface area contributed by atoms with E-state index in [9.17, 15) is 14.4 Å². The molecule has 0 spiro atoms. The van der Waals surface area contributed by atoms with Crippen LogP contribution in [0, 0.1) is 0 Å². The van der Waals surface area contributed by atoms with Crippen LogP contribution in [0.3, 0.4) is 0 Å². The number of carbonyl (C=O) groups excluding carboxylic acids is 3. The van der Waals surface area contributed by atoms with Crippen LogP contribution in [-0.4, -0.2) is 37.2 Å². The minimum Gasteiger partial charge on any atom is -0.462 e. The van der Waals surface area contributed by atoms with Crippen molar-refractivity contribution in [2.75, 3.05) is 13.2 Å². The first-order valence-electron chi connectivity index (χ1n) is 25.0. The number of rotatable bonds is 43. The van der Waals surface area contributed by atoms with Gasteiger partial charge in [0.2, 0.25) is 0 Å². The molecule has 6 heteroatoms. The lowest BCUT2D eigenvalue weighted by atomic mass is 10.1. The molecule has 6 nitrogen and oxygen atoms in total. The van der Waals surface area contributed by atoms with Gasteiger partial charge in [-0.1, -0.05) is 220 Å². The van der Waals surface area contributed by atoms with Gasteiger partial charge in [-0.3, -0.25) is 14.4 Å². The summed E-state index contributed by atoms with van der Waals surface area (Å²) in [6.07, 6.45) is 66.7. The van der Waals surface area contributed by atoms with Gasteiger partial charge in [0.05, 0.1) is 0 Å². The highest BCUT2D eigenvalue weighted by Gasteiger charge is 2.19. The molecule has 1 atom stereocenters. The number of carbonyl (C=O) groups is 3. The maximum absolute atomic E-state index is 12.7. The highest BCUT2D eigenvalue weighted by atomic mass is 16.6. The molecule has 0 amide bonds. The van der Waals surface area contributed by atoms with Crippen molar-refractivity contribution < 1.29 is 28.6 Å². The molecular formula is C56H90O6. The highest BCUT2D eigenvalue weighted by molar-refractivity contribution is 5.71. The van der Waals surface area contributed by atoms with Gasteiger partial charge in [0, 0.05) is 19.3 Å². The number of unbranched alkanes of at least 4 members (excludes halogenated alkanes) is 19. The molecule has 0 radical (unpaired) electrons. The van der Waals surface area contributed by atoms with E-state index in [2.05, 4.69) is 69.4 Å². The van der Waals surface area contributed by atoms with Crippen LogP contribution >= 0.6 is 0 Å². The normalized spacial score (nSPS) is 13.0. The summed E-state index contributed by atoms with van der Waals surface area (Å²) in [4.78, 5) is 37.8. The van der Waals surface area contributed by atoms with Gasteiger partial charge >= 0.3 is 17.9 Å². The molecular weight excluding hydrogens is 769 g/mol. The Hall–Kier alpha value is -3.93. The Labute approximate surface area is 380 Å². The predicted octanol–water partition coefficient (Wildman–Crippen LogP) is 16.4. The summed E-state index contributed by atoms with van der Waals surface area (Å²) in [5, 5.41) is 0. The standard InChI is InChI=1S/C56H90O6/c1-4-7-10-13-16-19-22-25-26-27-28-29-32-34-37-40-43-46-49-55(58)61-52-53(62-56(59)50-47-44-41-38-35-31-24-21-18-15-12-9-6-3)51-60-54(57)48-45-42-39-36-33-30-23-20-17-14-11-8-5-2/h9,12,15,18,21,24,26-31,33,35,38-39,41-42,53H,4-8,10-11,13-14,16-17,19-20,22-23,25,32,34,36-37,40,43-52H2,1-3H3/b12-9+,18-15+,24-21+,27-26+,29-28+,33-30+,35-31+,41-38+,42-39+. The molecule has 0 saturated heterocycles. The van der Waals surface area contributed by atoms with Gasteiger partial charge in [-0.25, -0.2) is 0 Å². The fraction of sp³-hybridized carbons (Fsp3) is 0.625. The molecule has 0 heterocycles. The van der Waals surface area contributed by atoms with Crippen LogP contribution in [0.4, 0.5) is 0 Å². The zero-order valence-corrected chi connectivity index (χ0v) is 39.8. The Morgan fingerprint density at radius 1 is 0.355 bits per heavy atom. The number of hydrogen-bond donors (Lipinski definition) is 0. The minimum absolute atomic E-state index is 0.134. The molecule has 0 aliphatic carbocycles. The van der Waals surface area contributed by atoms with Crippen LogP contribution in [0.25, 0.3) is 0 Å². The molecule has 0 aromatic carbocycles. The van der Waals surface area contributed by atoms with E-state index in [4.69, 9.17) is 14.2 Å². The van der Waals surface area contributed by atoms with Crippen molar-refractivity contribution >= 4 is 17.9 Å². The van der Waals surface area contributed by atoms with Crippen LogP contribution in [0.1, 0.15) is 207 Å². The number of allylic oxidation sites excluding steroid dienone is 18. The Morgan fingerprint density at radius 3 is 1.27 bits per heavy atom.